The monoisotopic (exact) mass is 367 g/mol. The molecule has 2 aromatic carbocycles. The smallest absolute Gasteiger partial charge is 0.314 e. The molecule has 0 aliphatic carbocycles. The van der Waals surface area contributed by atoms with Crippen molar-refractivity contribution in [1.82, 2.24) is 4.98 Å². The van der Waals surface area contributed by atoms with Gasteiger partial charge in [-0.1, -0.05) is 29.8 Å². The van der Waals surface area contributed by atoms with Crippen LogP contribution in [0.4, 0.5) is 11.4 Å². The van der Waals surface area contributed by atoms with Gasteiger partial charge in [-0.15, -0.1) is 0 Å². The summed E-state index contributed by atoms with van der Waals surface area (Å²) in [5.41, 5.74) is 0.726. The maximum Gasteiger partial charge on any atom is 0.314 e. The third kappa shape index (κ3) is 4.58. The molecule has 1 aromatic heterocycles. The summed E-state index contributed by atoms with van der Waals surface area (Å²) < 4.78 is 5.66. The van der Waals surface area contributed by atoms with E-state index in [1.54, 1.807) is 36.4 Å². The van der Waals surface area contributed by atoms with Crippen molar-refractivity contribution >= 4 is 34.8 Å². The quantitative estimate of drug-likeness (QED) is 0.537. The Bertz CT molecular complexity index is 915. The van der Waals surface area contributed by atoms with Crippen LogP contribution in [0.5, 0.6) is 11.5 Å². The number of benzene rings is 2. The van der Waals surface area contributed by atoms with Crippen LogP contribution in [0, 0.1) is 0 Å². The maximum atomic E-state index is 12.0. The Morgan fingerprint density at radius 3 is 2.15 bits per heavy atom. The number of carbonyl (C=O) groups excluding carboxylic acids is 2. The number of halogens is 1. The molecule has 26 heavy (non-hydrogen) atoms. The molecule has 1 heterocycles. The van der Waals surface area contributed by atoms with Gasteiger partial charge in [0.1, 0.15) is 11.5 Å². The second-order valence-electron chi connectivity index (χ2n) is 5.19. The molecule has 0 saturated carbocycles. The predicted molar refractivity (Wildman–Crippen MR) is 99.5 cm³/mol. The number of pyridine rings is 1. The second-order valence-corrected chi connectivity index (χ2v) is 5.55. The first-order valence-electron chi connectivity index (χ1n) is 7.67. The van der Waals surface area contributed by atoms with Crippen LogP contribution in [0.3, 0.4) is 0 Å². The Kier molecular flexibility index (Phi) is 5.46. The van der Waals surface area contributed by atoms with Gasteiger partial charge in [-0.05, 0) is 48.5 Å². The van der Waals surface area contributed by atoms with Crippen molar-refractivity contribution in [2.75, 3.05) is 10.6 Å². The number of para-hydroxylation sites is 1. The van der Waals surface area contributed by atoms with E-state index in [1.165, 1.54) is 6.20 Å². The molecular formula is C19H14ClN3O3. The van der Waals surface area contributed by atoms with E-state index in [9.17, 15) is 9.59 Å². The zero-order chi connectivity index (χ0) is 18.4. The fourth-order valence-corrected chi connectivity index (χ4v) is 2.24. The van der Waals surface area contributed by atoms with E-state index >= 15 is 0 Å². The number of amides is 2. The van der Waals surface area contributed by atoms with Gasteiger partial charge in [0.05, 0.1) is 5.69 Å². The van der Waals surface area contributed by atoms with Crippen molar-refractivity contribution in [2.24, 2.45) is 0 Å². The number of rotatable bonds is 4. The first-order chi connectivity index (χ1) is 12.6. The number of nitrogens with one attached hydrogen (secondary N) is 2. The average Bonchev–Trinajstić information content (AvgIpc) is 2.66. The normalized spacial score (nSPS) is 10.0. The number of hydrogen-bond acceptors (Lipinski definition) is 4. The summed E-state index contributed by atoms with van der Waals surface area (Å²) in [6.45, 7) is 0. The number of ether oxygens (including phenoxy) is 1. The van der Waals surface area contributed by atoms with Gasteiger partial charge in [-0.3, -0.25) is 9.59 Å². The van der Waals surface area contributed by atoms with Gasteiger partial charge in [-0.2, -0.15) is 0 Å². The van der Waals surface area contributed by atoms with Gasteiger partial charge >= 0.3 is 11.8 Å². The van der Waals surface area contributed by atoms with Crippen molar-refractivity contribution in [3.05, 3.63) is 78.1 Å². The van der Waals surface area contributed by atoms with E-state index in [-0.39, 0.29) is 10.8 Å². The zero-order valence-corrected chi connectivity index (χ0v) is 14.2. The molecule has 3 rings (SSSR count). The van der Waals surface area contributed by atoms with Crippen molar-refractivity contribution in [3.63, 3.8) is 0 Å². The summed E-state index contributed by atoms with van der Waals surface area (Å²) in [6, 6.07) is 19.1. The van der Waals surface area contributed by atoms with Crippen molar-refractivity contribution < 1.29 is 14.3 Å². The zero-order valence-electron chi connectivity index (χ0n) is 13.5. The van der Waals surface area contributed by atoms with Crippen LogP contribution in [0.1, 0.15) is 0 Å². The predicted octanol–water partition coefficient (Wildman–Crippen LogP) is 4.10. The molecule has 0 bridgehead atoms. The lowest BCUT2D eigenvalue weighted by molar-refractivity contribution is -0.133. The van der Waals surface area contributed by atoms with Gasteiger partial charge in [0.2, 0.25) is 0 Å². The first-order valence-corrected chi connectivity index (χ1v) is 8.05. The minimum Gasteiger partial charge on any atom is -0.457 e. The Morgan fingerprint density at radius 1 is 0.808 bits per heavy atom. The molecule has 3 aromatic rings. The Hall–Kier alpha value is -3.38. The topological polar surface area (TPSA) is 80.3 Å². The average molecular weight is 368 g/mol. The molecule has 130 valence electrons. The molecule has 0 spiro atoms. The van der Waals surface area contributed by atoms with Crippen LogP contribution in [0.15, 0.2) is 72.9 Å². The van der Waals surface area contributed by atoms with Crippen LogP contribution in [0.25, 0.3) is 0 Å². The molecule has 2 amide bonds. The Balaban J connectivity index is 1.59. The van der Waals surface area contributed by atoms with Gasteiger partial charge in [0.15, 0.2) is 5.15 Å². The summed E-state index contributed by atoms with van der Waals surface area (Å²) in [7, 11) is 0. The number of carbonyl (C=O) groups is 2. The maximum absolute atomic E-state index is 12.0. The molecule has 2 N–H and O–H groups in total. The molecule has 0 atom stereocenters. The van der Waals surface area contributed by atoms with Crippen LogP contribution in [0.2, 0.25) is 5.15 Å². The van der Waals surface area contributed by atoms with Crippen LogP contribution >= 0.6 is 11.6 Å². The summed E-state index contributed by atoms with van der Waals surface area (Å²) in [5.74, 6) is -0.344. The molecule has 6 nitrogen and oxygen atoms in total. The number of hydrogen-bond donors (Lipinski definition) is 2. The van der Waals surface area contributed by atoms with Gasteiger partial charge < -0.3 is 15.4 Å². The van der Waals surface area contributed by atoms with Crippen molar-refractivity contribution in [3.8, 4) is 11.5 Å². The molecule has 0 unspecified atom stereocenters. The van der Waals surface area contributed by atoms with E-state index < -0.39 is 11.8 Å². The fourth-order valence-electron chi connectivity index (χ4n) is 2.08. The van der Waals surface area contributed by atoms with E-state index in [4.69, 9.17) is 16.3 Å². The van der Waals surface area contributed by atoms with Gasteiger partial charge in [0.25, 0.3) is 0 Å². The van der Waals surface area contributed by atoms with Crippen LogP contribution in [-0.2, 0) is 9.59 Å². The number of nitrogens with zero attached hydrogens (tertiary/aromatic N) is 1. The van der Waals surface area contributed by atoms with Crippen LogP contribution < -0.4 is 15.4 Å². The van der Waals surface area contributed by atoms with E-state index in [0.717, 1.165) is 0 Å². The molecule has 0 saturated heterocycles. The van der Waals surface area contributed by atoms with Gasteiger partial charge in [-0.25, -0.2) is 4.98 Å². The summed E-state index contributed by atoms with van der Waals surface area (Å²) >= 11 is 5.85. The van der Waals surface area contributed by atoms with E-state index in [1.807, 2.05) is 30.3 Å². The van der Waals surface area contributed by atoms with Crippen molar-refractivity contribution in [2.45, 2.75) is 0 Å². The van der Waals surface area contributed by atoms with Crippen LogP contribution in [-0.4, -0.2) is 16.8 Å². The standard InChI is InChI=1S/C19H14ClN3O3/c20-17-16(7-4-12-21-17)23-19(25)18(24)22-13-8-10-15(11-9-13)26-14-5-2-1-3-6-14/h1-12H,(H,22,24)(H,23,25). The van der Waals surface area contributed by atoms with E-state index in [2.05, 4.69) is 15.6 Å². The van der Waals surface area contributed by atoms with Gasteiger partial charge in [0, 0.05) is 11.9 Å². The minimum absolute atomic E-state index is 0.107. The summed E-state index contributed by atoms with van der Waals surface area (Å²) in [4.78, 5) is 27.8. The van der Waals surface area contributed by atoms with E-state index in [0.29, 0.717) is 17.2 Å². The highest BCUT2D eigenvalue weighted by Gasteiger charge is 2.15. The fraction of sp³-hybridized carbons (Fsp3) is 0. The first kappa shape index (κ1) is 17.4. The summed E-state index contributed by atoms with van der Waals surface area (Å²) in [6.07, 6.45) is 1.48. The third-order valence-electron chi connectivity index (χ3n) is 3.30. The lowest BCUT2D eigenvalue weighted by Gasteiger charge is -2.09. The Morgan fingerprint density at radius 2 is 1.46 bits per heavy atom. The molecule has 7 heteroatoms. The second kappa shape index (κ2) is 8.13. The molecule has 0 aliphatic heterocycles. The third-order valence-corrected chi connectivity index (χ3v) is 3.61. The van der Waals surface area contributed by atoms with Crippen molar-refractivity contribution in [1.29, 1.82) is 0 Å². The lowest BCUT2D eigenvalue weighted by atomic mass is 10.3. The summed E-state index contributed by atoms with van der Waals surface area (Å²) in [5, 5.41) is 5.01. The highest BCUT2D eigenvalue weighted by atomic mass is 35.5. The number of aromatic nitrogens is 1. The Labute approximate surface area is 154 Å². The largest absolute Gasteiger partial charge is 0.457 e. The highest BCUT2D eigenvalue weighted by molar-refractivity contribution is 6.44. The molecule has 0 aliphatic rings. The molecule has 0 radical (unpaired) electrons. The minimum atomic E-state index is -0.843. The SMILES string of the molecule is O=C(Nc1ccc(Oc2ccccc2)cc1)C(=O)Nc1cccnc1Cl. The molecule has 0 fully saturated rings. The highest BCUT2D eigenvalue weighted by Crippen LogP contribution is 2.22. The number of anilines is 2. The molecular weight excluding hydrogens is 354 g/mol. The lowest BCUT2D eigenvalue weighted by Crippen LogP contribution is -2.29.